The van der Waals surface area contributed by atoms with Crippen molar-refractivity contribution in [3.63, 3.8) is 0 Å². The van der Waals surface area contributed by atoms with Crippen molar-refractivity contribution in [1.82, 2.24) is 29.8 Å². The van der Waals surface area contributed by atoms with Crippen LogP contribution >= 0.6 is 0 Å². The van der Waals surface area contributed by atoms with Crippen molar-refractivity contribution in [2.24, 2.45) is 5.41 Å². The zero-order valence-corrected chi connectivity index (χ0v) is 20.0. The molecule has 4 heterocycles. The molecule has 0 aliphatic carbocycles. The van der Waals surface area contributed by atoms with Gasteiger partial charge in [0, 0.05) is 49.6 Å². The summed E-state index contributed by atoms with van der Waals surface area (Å²) in [7, 11) is 0. The fraction of sp³-hybridized carbons (Fsp3) is 0.296. The van der Waals surface area contributed by atoms with Crippen LogP contribution in [0, 0.1) is 12.3 Å². The smallest absolute Gasteiger partial charge is 0.180 e. The Morgan fingerprint density at radius 3 is 2.34 bits per heavy atom. The van der Waals surface area contributed by atoms with Gasteiger partial charge in [-0.25, -0.2) is 24.9 Å². The first-order chi connectivity index (χ1) is 17.0. The highest BCUT2D eigenvalue weighted by Gasteiger charge is 2.37. The quantitative estimate of drug-likeness (QED) is 0.404. The number of aliphatic hydroxyl groups excluding tert-OH is 1. The number of hydrogen-bond acceptors (Lipinski definition) is 8. The maximum Gasteiger partial charge on any atom is 0.180 e. The third-order valence-electron chi connectivity index (χ3n) is 6.12. The minimum absolute atomic E-state index is 0.0567. The van der Waals surface area contributed by atoms with E-state index in [-0.39, 0.29) is 12.0 Å². The van der Waals surface area contributed by atoms with Gasteiger partial charge >= 0.3 is 0 Å². The fourth-order valence-electron chi connectivity index (χ4n) is 4.35. The van der Waals surface area contributed by atoms with E-state index in [1.54, 1.807) is 18.5 Å². The maximum atomic E-state index is 9.42. The van der Waals surface area contributed by atoms with Crippen molar-refractivity contribution in [2.75, 3.05) is 25.0 Å². The molecule has 1 saturated heterocycles. The van der Waals surface area contributed by atoms with E-state index in [9.17, 15) is 5.11 Å². The topological polar surface area (TPSA) is 100.0 Å². The lowest BCUT2D eigenvalue weighted by Gasteiger charge is -2.47. The summed E-state index contributed by atoms with van der Waals surface area (Å²) in [5, 5.41) is 12.7. The molecular weight excluding hydrogens is 438 g/mol. The van der Waals surface area contributed by atoms with E-state index >= 15 is 0 Å². The summed E-state index contributed by atoms with van der Waals surface area (Å²) >= 11 is 0. The molecule has 0 saturated carbocycles. The minimum Gasteiger partial charge on any atom is -0.396 e. The summed E-state index contributed by atoms with van der Waals surface area (Å²) in [6.45, 7) is 7.10. The Labute approximate surface area is 205 Å². The number of pyridine rings is 1. The molecule has 178 valence electrons. The van der Waals surface area contributed by atoms with Gasteiger partial charge < -0.3 is 10.4 Å². The van der Waals surface area contributed by atoms with Gasteiger partial charge in [-0.3, -0.25) is 4.90 Å². The van der Waals surface area contributed by atoms with Gasteiger partial charge in [-0.05, 0) is 42.3 Å². The number of aliphatic hydroxyl groups is 1. The van der Waals surface area contributed by atoms with Crippen LogP contribution in [0.25, 0.3) is 11.5 Å². The summed E-state index contributed by atoms with van der Waals surface area (Å²) in [6.07, 6.45) is 4.11. The number of nitrogens with zero attached hydrogens (tertiary/aromatic N) is 6. The molecule has 2 N–H and O–H groups in total. The highest BCUT2D eigenvalue weighted by atomic mass is 16.3. The number of aryl methyl sites for hydroxylation is 1. The molecule has 8 heteroatoms. The highest BCUT2D eigenvalue weighted by Crippen LogP contribution is 2.30. The van der Waals surface area contributed by atoms with E-state index in [4.69, 9.17) is 0 Å². The minimum atomic E-state index is 0.0567. The van der Waals surface area contributed by atoms with Gasteiger partial charge in [-0.2, -0.15) is 0 Å². The lowest BCUT2D eigenvalue weighted by atomic mass is 9.83. The summed E-state index contributed by atoms with van der Waals surface area (Å²) in [4.78, 5) is 24.9. The first-order valence-electron chi connectivity index (χ1n) is 11.8. The largest absolute Gasteiger partial charge is 0.396 e. The monoisotopic (exact) mass is 467 g/mol. The fourth-order valence-corrected chi connectivity index (χ4v) is 4.35. The Balaban J connectivity index is 1.22. The number of rotatable bonds is 8. The molecule has 1 aliphatic rings. The summed E-state index contributed by atoms with van der Waals surface area (Å²) < 4.78 is 0. The van der Waals surface area contributed by atoms with Crippen LogP contribution in [0.3, 0.4) is 0 Å². The van der Waals surface area contributed by atoms with Gasteiger partial charge in [0.1, 0.15) is 23.2 Å². The molecule has 0 amide bonds. The maximum absolute atomic E-state index is 9.42. The SMILES string of the molecule is Cc1cccc(-c2nccc(Nc3ccnc(Cc4ccc(CN5CC(C)(CO)C5)cc4)n3)n2)n1. The highest BCUT2D eigenvalue weighted by molar-refractivity contribution is 5.56. The zero-order chi connectivity index (χ0) is 24.3. The number of likely N-dealkylation sites (tertiary alicyclic amines) is 1. The molecular formula is C27H29N7O. The van der Waals surface area contributed by atoms with Crippen LogP contribution in [0.1, 0.15) is 29.6 Å². The lowest BCUT2D eigenvalue weighted by molar-refractivity contribution is -0.0319. The lowest BCUT2D eigenvalue weighted by Crippen LogP contribution is -2.55. The van der Waals surface area contributed by atoms with Crippen molar-refractivity contribution in [1.29, 1.82) is 0 Å². The van der Waals surface area contributed by atoms with Crippen LogP contribution in [0.4, 0.5) is 11.6 Å². The van der Waals surface area contributed by atoms with Gasteiger partial charge in [0.2, 0.25) is 0 Å². The van der Waals surface area contributed by atoms with Crippen LogP contribution in [0.5, 0.6) is 0 Å². The van der Waals surface area contributed by atoms with Gasteiger partial charge in [-0.15, -0.1) is 0 Å². The molecule has 0 bridgehead atoms. The van der Waals surface area contributed by atoms with Gasteiger partial charge in [0.25, 0.3) is 0 Å². The number of nitrogens with one attached hydrogen (secondary N) is 1. The molecule has 0 atom stereocenters. The number of benzene rings is 1. The van der Waals surface area contributed by atoms with E-state index in [2.05, 4.69) is 66.3 Å². The summed E-state index contributed by atoms with van der Waals surface area (Å²) in [5.74, 6) is 2.62. The summed E-state index contributed by atoms with van der Waals surface area (Å²) in [6, 6.07) is 18.0. The predicted molar refractivity (Wildman–Crippen MR) is 135 cm³/mol. The normalized spacial score (nSPS) is 14.9. The van der Waals surface area contributed by atoms with E-state index < -0.39 is 0 Å². The first kappa shape index (κ1) is 23.0. The molecule has 0 spiro atoms. The third kappa shape index (κ3) is 5.67. The number of hydrogen-bond donors (Lipinski definition) is 2. The molecule has 35 heavy (non-hydrogen) atoms. The predicted octanol–water partition coefficient (Wildman–Crippen LogP) is 3.79. The van der Waals surface area contributed by atoms with E-state index in [1.807, 2.05) is 31.2 Å². The van der Waals surface area contributed by atoms with Crippen molar-refractivity contribution in [2.45, 2.75) is 26.8 Å². The molecule has 8 nitrogen and oxygen atoms in total. The second-order valence-corrected chi connectivity index (χ2v) is 9.52. The second kappa shape index (κ2) is 9.85. The Morgan fingerprint density at radius 1 is 0.886 bits per heavy atom. The molecule has 1 aliphatic heterocycles. The van der Waals surface area contributed by atoms with Crippen LogP contribution < -0.4 is 5.32 Å². The standard InChI is InChI=1S/C27H29N7O/c1-19-4-3-5-22(30-19)26-29-13-11-24(33-26)31-23-10-12-28-25(32-23)14-20-6-8-21(9-7-20)15-34-16-27(2,17-34)18-35/h3-13,35H,14-18H2,1-2H3,(H,28,29,31,32,33). The van der Waals surface area contributed by atoms with Crippen LogP contribution in [0.2, 0.25) is 0 Å². The third-order valence-corrected chi connectivity index (χ3v) is 6.12. The van der Waals surface area contributed by atoms with Gasteiger partial charge in [0.15, 0.2) is 5.82 Å². The van der Waals surface area contributed by atoms with Crippen molar-refractivity contribution in [3.8, 4) is 11.5 Å². The van der Waals surface area contributed by atoms with Crippen LogP contribution in [-0.2, 0) is 13.0 Å². The van der Waals surface area contributed by atoms with Crippen LogP contribution in [-0.4, -0.2) is 54.6 Å². The second-order valence-electron chi connectivity index (χ2n) is 9.52. The molecule has 0 unspecified atom stereocenters. The number of anilines is 2. The summed E-state index contributed by atoms with van der Waals surface area (Å²) in [5.41, 5.74) is 4.14. The number of aromatic nitrogens is 5. The molecule has 3 aromatic heterocycles. The Bertz CT molecular complexity index is 1300. The average molecular weight is 468 g/mol. The van der Waals surface area contributed by atoms with Gasteiger partial charge in [-0.1, -0.05) is 37.3 Å². The first-order valence-corrected chi connectivity index (χ1v) is 11.8. The van der Waals surface area contributed by atoms with E-state index in [0.717, 1.165) is 42.4 Å². The van der Waals surface area contributed by atoms with Crippen molar-refractivity contribution in [3.05, 3.63) is 89.6 Å². The van der Waals surface area contributed by atoms with Crippen LogP contribution in [0.15, 0.2) is 67.0 Å². The zero-order valence-electron chi connectivity index (χ0n) is 20.0. The van der Waals surface area contributed by atoms with Gasteiger partial charge in [0.05, 0.1) is 6.61 Å². The molecule has 0 radical (unpaired) electrons. The van der Waals surface area contributed by atoms with Crippen molar-refractivity contribution < 1.29 is 5.11 Å². The Kier molecular flexibility index (Phi) is 6.48. The molecule has 1 fully saturated rings. The Hall–Kier alpha value is -3.75. The molecule has 5 rings (SSSR count). The van der Waals surface area contributed by atoms with E-state index in [0.29, 0.717) is 23.9 Å². The molecule has 1 aromatic carbocycles. The van der Waals surface area contributed by atoms with Crippen molar-refractivity contribution >= 4 is 11.6 Å². The Morgan fingerprint density at radius 2 is 1.60 bits per heavy atom. The molecule has 4 aromatic rings. The van der Waals surface area contributed by atoms with E-state index in [1.165, 1.54) is 5.56 Å². The average Bonchev–Trinajstić information content (AvgIpc) is 2.84.